The van der Waals surface area contributed by atoms with Crippen molar-refractivity contribution in [2.24, 2.45) is 0 Å². The highest BCUT2D eigenvalue weighted by Gasteiger charge is 2.15. The van der Waals surface area contributed by atoms with Crippen LogP contribution >= 0.6 is 0 Å². The van der Waals surface area contributed by atoms with Crippen molar-refractivity contribution >= 4 is 0 Å². The first-order valence-corrected chi connectivity index (χ1v) is 8.25. The van der Waals surface area contributed by atoms with E-state index in [-0.39, 0.29) is 0 Å². The molecule has 3 heteroatoms. The number of hydrogen-bond donors (Lipinski definition) is 1. The van der Waals surface area contributed by atoms with E-state index in [2.05, 4.69) is 55.4 Å². The van der Waals surface area contributed by atoms with Crippen LogP contribution in [-0.2, 0) is 17.8 Å². The Bertz CT molecular complexity index is 396. The summed E-state index contributed by atoms with van der Waals surface area (Å²) >= 11 is 0. The van der Waals surface area contributed by atoms with Gasteiger partial charge in [0.1, 0.15) is 0 Å². The van der Waals surface area contributed by atoms with Crippen molar-refractivity contribution in [3.8, 4) is 0 Å². The van der Waals surface area contributed by atoms with Gasteiger partial charge >= 0.3 is 0 Å². The Balaban J connectivity index is 1.76. The largest absolute Gasteiger partial charge is 0.377 e. The highest BCUT2D eigenvalue weighted by Crippen LogP contribution is 2.14. The van der Waals surface area contributed by atoms with E-state index in [9.17, 15) is 0 Å². The summed E-state index contributed by atoms with van der Waals surface area (Å²) in [4.78, 5) is 2.37. The van der Waals surface area contributed by atoms with E-state index in [1.807, 2.05) is 0 Å². The maximum atomic E-state index is 5.81. The molecule has 0 aliphatic carbocycles. The van der Waals surface area contributed by atoms with Gasteiger partial charge in [0.05, 0.1) is 6.10 Å². The molecule has 118 valence electrons. The minimum Gasteiger partial charge on any atom is -0.377 e. The lowest BCUT2D eigenvalue weighted by atomic mass is 10.1. The standard InChI is InChI=1S/C18H30N2O/c1-15(2)19-12-16-7-9-17(10-8-16)13-20(3)14-18-6-4-5-11-21-18/h7-10,15,18-19H,4-6,11-14H2,1-3H3. The molecule has 0 radical (unpaired) electrons. The minimum absolute atomic E-state index is 0.429. The van der Waals surface area contributed by atoms with Crippen LogP contribution < -0.4 is 5.32 Å². The number of hydrogen-bond acceptors (Lipinski definition) is 3. The van der Waals surface area contributed by atoms with E-state index in [1.165, 1.54) is 30.4 Å². The van der Waals surface area contributed by atoms with Gasteiger partial charge in [-0.15, -0.1) is 0 Å². The fourth-order valence-corrected chi connectivity index (χ4v) is 2.76. The first-order valence-electron chi connectivity index (χ1n) is 8.25. The van der Waals surface area contributed by atoms with Crippen molar-refractivity contribution in [3.05, 3.63) is 35.4 Å². The third-order valence-electron chi connectivity index (χ3n) is 3.98. The molecule has 0 saturated carbocycles. The van der Waals surface area contributed by atoms with Gasteiger partial charge in [-0.1, -0.05) is 38.1 Å². The van der Waals surface area contributed by atoms with Crippen LogP contribution in [0.5, 0.6) is 0 Å². The molecule has 1 aromatic rings. The van der Waals surface area contributed by atoms with E-state index in [0.717, 1.165) is 26.2 Å². The van der Waals surface area contributed by atoms with Gasteiger partial charge in [0.15, 0.2) is 0 Å². The van der Waals surface area contributed by atoms with E-state index in [0.29, 0.717) is 12.1 Å². The van der Waals surface area contributed by atoms with Crippen molar-refractivity contribution in [2.45, 2.75) is 58.3 Å². The molecular weight excluding hydrogens is 260 g/mol. The number of benzene rings is 1. The van der Waals surface area contributed by atoms with E-state index < -0.39 is 0 Å². The van der Waals surface area contributed by atoms with Crippen molar-refractivity contribution in [3.63, 3.8) is 0 Å². The summed E-state index contributed by atoms with van der Waals surface area (Å²) < 4.78 is 5.81. The maximum Gasteiger partial charge on any atom is 0.0702 e. The summed E-state index contributed by atoms with van der Waals surface area (Å²) in [5, 5.41) is 3.45. The Hall–Kier alpha value is -0.900. The minimum atomic E-state index is 0.429. The number of nitrogens with one attached hydrogen (secondary N) is 1. The summed E-state index contributed by atoms with van der Waals surface area (Å²) in [6, 6.07) is 9.49. The number of ether oxygens (including phenoxy) is 1. The van der Waals surface area contributed by atoms with Gasteiger partial charge in [-0.25, -0.2) is 0 Å². The lowest BCUT2D eigenvalue weighted by Crippen LogP contribution is -2.33. The van der Waals surface area contributed by atoms with Crippen LogP contribution in [0.2, 0.25) is 0 Å². The number of rotatable bonds is 7. The molecule has 0 amide bonds. The molecule has 0 aromatic heterocycles. The van der Waals surface area contributed by atoms with Gasteiger partial charge < -0.3 is 10.1 Å². The Morgan fingerprint density at radius 1 is 1.19 bits per heavy atom. The molecule has 1 aliphatic rings. The van der Waals surface area contributed by atoms with Gasteiger partial charge in [0.25, 0.3) is 0 Å². The third kappa shape index (κ3) is 6.16. The summed E-state index contributed by atoms with van der Waals surface area (Å²) in [6.45, 7) is 8.28. The molecule has 1 unspecified atom stereocenters. The number of likely N-dealkylation sites (N-methyl/N-ethyl adjacent to an activating group) is 1. The fraction of sp³-hybridized carbons (Fsp3) is 0.667. The van der Waals surface area contributed by atoms with Crippen molar-refractivity contribution in [1.29, 1.82) is 0 Å². The van der Waals surface area contributed by atoms with Gasteiger partial charge in [0, 0.05) is 32.3 Å². The highest BCUT2D eigenvalue weighted by atomic mass is 16.5. The zero-order valence-electron chi connectivity index (χ0n) is 13.8. The first-order chi connectivity index (χ1) is 10.1. The van der Waals surface area contributed by atoms with Crippen LogP contribution in [0.4, 0.5) is 0 Å². The van der Waals surface area contributed by atoms with Crippen LogP contribution in [-0.4, -0.2) is 37.2 Å². The average molecular weight is 290 g/mol. The van der Waals surface area contributed by atoms with E-state index in [4.69, 9.17) is 4.74 Å². The van der Waals surface area contributed by atoms with Gasteiger partial charge in [-0.3, -0.25) is 4.90 Å². The summed E-state index contributed by atoms with van der Waals surface area (Å²) in [7, 11) is 2.19. The van der Waals surface area contributed by atoms with Crippen LogP contribution in [0.15, 0.2) is 24.3 Å². The lowest BCUT2D eigenvalue weighted by Gasteiger charge is -2.27. The normalized spacial score (nSPS) is 19.4. The fourth-order valence-electron chi connectivity index (χ4n) is 2.76. The summed E-state index contributed by atoms with van der Waals surface area (Å²) in [5.41, 5.74) is 2.73. The van der Waals surface area contributed by atoms with Crippen molar-refractivity contribution in [2.75, 3.05) is 20.2 Å². The molecule has 1 atom stereocenters. The predicted molar refractivity (Wildman–Crippen MR) is 88.3 cm³/mol. The molecule has 0 bridgehead atoms. The second kappa shape index (κ2) is 8.52. The average Bonchev–Trinajstić information content (AvgIpc) is 2.47. The van der Waals surface area contributed by atoms with Crippen LogP contribution in [0, 0.1) is 0 Å². The first kappa shape index (κ1) is 16.5. The molecule has 1 N–H and O–H groups in total. The topological polar surface area (TPSA) is 24.5 Å². The maximum absolute atomic E-state index is 5.81. The molecule has 1 fully saturated rings. The number of nitrogens with zero attached hydrogens (tertiary/aromatic N) is 1. The zero-order chi connectivity index (χ0) is 15.1. The molecule has 1 aromatic carbocycles. The van der Waals surface area contributed by atoms with Crippen LogP contribution in [0.25, 0.3) is 0 Å². The zero-order valence-corrected chi connectivity index (χ0v) is 13.8. The Labute approximate surface area is 129 Å². The van der Waals surface area contributed by atoms with Crippen LogP contribution in [0.3, 0.4) is 0 Å². The molecule has 2 rings (SSSR count). The Kier molecular flexibility index (Phi) is 6.68. The molecule has 1 saturated heterocycles. The molecule has 21 heavy (non-hydrogen) atoms. The Morgan fingerprint density at radius 2 is 1.90 bits per heavy atom. The third-order valence-corrected chi connectivity index (χ3v) is 3.98. The predicted octanol–water partition coefficient (Wildman–Crippen LogP) is 3.19. The van der Waals surface area contributed by atoms with E-state index in [1.54, 1.807) is 0 Å². The second-order valence-corrected chi connectivity index (χ2v) is 6.54. The van der Waals surface area contributed by atoms with Crippen molar-refractivity contribution < 1.29 is 4.74 Å². The lowest BCUT2D eigenvalue weighted by molar-refractivity contribution is -0.00259. The molecule has 0 spiro atoms. The van der Waals surface area contributed by atoms with Gasteiger partial charge in [-0.2, -0.15) is 0 Å². The Morgan fingerprint density at radius 3 is 2.52 bits per heavy atom. The summed E-state index contributed by atoms with van der Waals surface area (Å²) in [6.07, 6.45) is 4.19. The SMILES string of the molecule is CC(C)NCc1ccc(CN(C)CC2CCCCO2)cc1. The highest BCUT2D eigenvalue weighted by molar-refractivity contribution is 5.22. The monoisotopic (exact) mass is 290 g/mol. The van der Waals surface area contributed by atoms with Gasteiger partial charge in [0.2, 0.25) is 0 Å². The van der Waals surface area contributed by atoms with E-state index >= 15 is 0 Å². The van der Waals surface area contributed by atoms with Crippen LogP contribution in [0.1, 0.15) is 44.2 Å². The molecule has 1 heterocycles. The molecule has 1 aliphatic heterocycles. The van der Waals surface area contributed by atoms with Gasteiger partial charge in [-0.05, 0) is 37.4 Å². The quantitative estimate of drug-likeness (QED) is 0.834. The molecule has 3 nitrogen and oxygen atoms in total. The summed E-state index contributed by atoms with van der Waals surface area (Å²) in [5.74, 6) is 0. The van der Waals surface area contributed by atoms with Crippen molar-refractivity contribution in [1.82, 2.24) is 10.2 Å². The smallest absolute Gasteiger partial charge is 0.0702 e. The molecular formula is C18H30N2O. The second-order valence-electron chi connectivity index (χ2n) is 6.54.